The van der Waals surface area contributed by atoms with Crippen LogP contribution in [0.3, 0.4) is 0 Å². The fourth-order valence-corrected chi connectivity index (χ4v) is 6.27. The van der Waals surface area contributed by atoms with E-state index >= 15 is 0 Å². The summed E-state index contributed by atoms with van der Waals surface area (Å²) in [4.78, 5) is 28.6. The third kappa shape index (κ3) is 4.84. The molecule has 0 saturated heterocycles. The minimum atomic E-state index is -1.90. The summed E-state index contributed by atoms with van der Waals surface area (Å²) in [6.45, 7) is 12.7. The van der Waals surface area contributed by atoms with Crippen LogP contribution >= 0.6 is 0 Å². The molecule has 3 aliphatic rings. The van der Waals surface area contributed by atoms with Crippen LogP contribution in [0.5, 0.6) is 0 Å². The summed E-state index contributed by atoms with van der Waals surface area (Å²) in [6, 6.07) is 0. The van der Waals surface area contributed by atoms with E-state index in [1.54, 1.807) is 38.2 Å². The first-order valence-electron chi connectivity index (χ1n) is 13.3. The molecule has 9 nitrogen and oxygen atoms in total. The number of aliphatic hydroxyl groups excluding tert-OH is 2. The Bertz CT molecular complexity index is 1090. The Balaban J connectivity index is 1.97. The van der Waals surface area contributed by atoms with Gasteiger partial charge in [0.2, 0.25) is 0 Å². The van der Waals surface area contributed by atoms with Crippen molar-refractivity contribution < 1.29 is 29.6 Å². The molecule has 0 aromatic rings. The highest BCUT2D eigenvalue weighted by Gasteiger charge is 2.64. The Morgan fingerprint density at radius 3 is 2.50 bits per heavy atom. The monoisotopic (exact) mass is 531 g/mol. The number of amidine groups is 1. The summed E-state index contributed by atoms with van der Waals surface area (Å²) in [7, 11) is 3.40. The topological polar surface area (TPSA) is 123 Å². The number of allylic oxidation sites excluding steroid dienone is 2. The van der Waals surface area contributed by atoms with Crippen molar-refractivity contribution in [2.24, 2.45) is 33.7 Å². The molecule has 3 N–H and O–H groups in total. The van der Waals surface area contributed by atoms with Gasteiger partial charge in [0.05, 0.1) is 12.0 Å². The molecule has 38 heavy (non-hydrogen) atoms. The van der Waals surface area contributed by atoms with Crippen molar-refractivity contribution in [1.82, 2.24) is 9.91 Å². The molecular formula is C29H45N3O6. The van der Waals surface area contributed by atoms with Crippen molar-refractivity contribution in [2.75, 3.05) is 27.3 Å². The Labute approximate surface area is 226 Å². The molecule has 2 bridgehead atoms. The first kappa shape index (κ1) is 30.1. The molecule has 6 atom stereocenters. The molecular weight excluding hydrogens is 486 g/mol. The van der Waals surface area contributed by atoms with Crippen LogP contribution in [0.1, 0.15) is 61.3 Å². The average Bonchev–Trinajstić information content (AvgIpc) is 2.94. The normalized spacial score (nSPS) is 35.5. The molecule has 5 unspecified atom stereocenters. The zero-order valence-electron chi connectivity index (χ0n) is 24.3. The van der Waals surface area contributed by atoms with Gasteiger partial charge in [-0.15, -0.1) is 0 Å². The van der Waals surface area contributed by atoms with E-state index in [0.717, 1.165) is 5.70 Å². The number of aliphatic hydroxyl groups is 3. The van der Waals surface area contributed by atoms with E-state index in [9.17, 15) is 24.9 Å². The van der Waals surface area contributed by atoms with E-state index in [4.69, 9.17) is 4.74 Å². The number of carbonyl (C=O) groups is 2. The molecule has 1 fully saturated rings. The van der Waals surface area contributed by atoms with E-state index < -0.39 is 41.2 Å². The van der Waals surface area contributed by atoms with Crippen molar-refractivity contribution in [3.05, 3.63) is 35.1 Å². The number of carbonyl (C=O) groups excluding carboxylic acids is 2. The van der Waals surface area contributed by atoms with Gasteiger partial charge in [0, 0.05) is 32.1 Å². The quantitative estimate of drug-likeness (QED) is 0.475. The standard InChI is InChI=1S/C29H45N3O6/c1-17(16-38-26(36)31(8)23-11-10-20(4)32(9)30-23)14-29-19(3)12-18(2)27(5,6)22(25(29)35)13-21(15-33)24(34)28(29,7)37/h10,13-14,18-19,22,24,33-34,37H,11-12,15-16H2,1-9H3/b17-14-/t18?,19-,22?,24?,28?,29?/m1/s1. The van der Waals surface area contributed by atoms with E-state index in [-0.39, 0.29) is 29.8 Å². The molecule has 1 amide bonds. The van der Waals surface area contributed by atoms with E-state index in [1.165, 1.54) is 11.8 Å². The lowest BCUT2D eigenvalue weighted by Crippen LogP contribution is -2.60. The Hall–Kier alpha value is -2.49. The molecule has 0 aromatic carbocycles. The predicted octanol–water partition coefficient (Wildman–Crippen LogP) is 3.47. The van der Waals surface area contributed by atoms with Gasteiger partial charge in [0.25, 0.3) is 0 Å². The minimum Gasteiger partial charge on any atom is -0.445 e. The molecule has 212 valence electrons. The predicted molar refractivity (Wildman–Crippen MR) is 146 cm³/mol. The van der Waals surface area contributed by atoms with Gasteiger partial charge in [-0.05, 0) is 55.6 Å². The van der Waals surface area contributed by atoms with Crippen LogP contribution < -0.4 is 0 Å². The second-order valence-corrected chi connectivity index (χ2v) is 12.2. The van der Waals surface area contributed by atoms with Gasteiger partial charge in [0.15, 0.2) is 5.78 Å². The molecule has 2 aliphatic carbocycles. The smallest absolute Gasteiger partial charge is 0.415 e. The highest BCUT2D eigenvalue weighted by atomic mass is 16.6. The zero-order valence-corrected chi connectivity index (χ0v) is 24.3. The summed E-state index contributed by atoms with van der Waals surface area (Å²) in [5.41, 5.74) is -2.02. The van der Waals surface area contributed by atoms with Gasteiger partial charge in [0.1, 0.15) is 24.1 Å². The van der Waals surface area contributed by atoms with E-state index in [1.807, 2.05) is 33.8 Å². The number of ether oxygens (including phenoxy) is 1. The Kier molecular flexibility index (Phi) is 8.37. The van der Waals surface area contributed by atoms with Crippen molar-refractivity contribution in [3.8, 4) is 0 Å². The molecule has 9 heteroatoms. The third-order valence-corrected chi connectivity index (χ3v) is 9.45. The largest absolute Gasteiger partial charge is 0.445 e. The number of Topliss-reactive ketones (excluding diaryl/α,β-unsaturated/α-hetero) is 1. The molecule has 1 saturated carbocycles. The maximum absolute atomic E-state index is 14.4. The van der Waals surface area contributed by atoms with E-state index in [0.29, 0.717) is 24.3 Å². The van der Waals surface area contributed by atoms with Crippen LogP contribution in [0.2, 0.25) is 0 Å². The highest BCUT2D eigenvalue weighted by molar-refractivity contribution is 5.96. The number of amides is 1. The second-order valence-electron chi connectivity index (χ2n) is 12.2. The number of ketones is 1. The number of hydrogen-bond acceptors (Lipinski definition) is 8. The van der Waals surface area contributed by atoms with Crippen molar-refractivity contribution in [2.45, 2.75) is 73.0 Å². The summed E-state index contributed by atoms with van der Waals surface area (Å²) >= 11 is 0. The Morgan fingerprint density at radius 2 is 1.92 bits per heavy atom. The third-order valence-electron chi connectivity index (χ3n) is 9.45. The molecule has 0 radical (unpaired) electrons. The van der Waals surface area contributed by atoms with Crippen LogP contribution in [0, 0.1) is 28.6 Å². The molecule has 0 spiro atoms. The van der Waals surface area contributed by atoms with Crippen LogP contribution in [-0.4, -0.2) is 82.0 Å². The first-order valence-corrected chi connectivity index (χ1v) is 13.3. The van der Waals surface area contributed by atoms with Gasteiger partial charge in [-0.2, -0.15) is 5.10 Å². The maximum atomic E-state index is 14.4. The lowest BCUT2D eigenvalue weighted by Gasteiger charge is -2.48. The van der Waals surface area contributed by atoms with Crippen LogP contribution in [0.25, 0.3) is 0 Å². The van der Waals surface area contributed by atoms with Gasteiger partial charge in [-0.25, -0.2) is 4.79 Å². The molecule has 0 aromatic heterocycles. The lowest BCUT2D eigenvalue weighted by atomic mass is 9.58. The number of rotatable bonds is 4. The van der Waals surface area contributed by atoms with Crippen LogP contribution in [-0.2, 0) is 9.53 Å². The van der Waals surface area contributed by atoms with Gasteiger partial charge in [-0.3, -0.25) is 14.7 Å². The SMILES string of the molecule is CC1=CCC(N(C)C(=O)OC/C(C)=C\C23C(=O)C(C=C(CO)C(O)C2(C)O)C(C)(C)C(C)C[C@H]3C)=NN1C. The number of hydrazone groups is 1. The maximum Gasteiger partial charge on any atom is 0.415 e. The van der Waals surface area contributed by atoms with Crippen molar-refractivity contribution in [1.29, 1.82) is 0 Å². The second kappa shape index (κ2) is 10.6. The fourth-order valence-electron chi connectivity index (χ4n) is 6.27. The summed E-state index contributed by atoms with van der Waals surface area (Å²) in [5.74, 6) is -0.476. The highest BCUT2D eigenvalue weighted by Crippen LogP contribution is 2.58. The molecule has 1 heterocycles. The Morgan fingerprint density at radius 1 is 1.29 bits per heavy atom. The van der Waals surface area contributed by atoms with Gasteiger partial charge < -0.3 is 20.1 Å². The fraction of sp³-hybridized carbons (Fsp3) is 0.690. The van der Waals surface area contributed by atoms with Crippen molar-refractivity contribution >= 4 is 17.7 Å². The van der Waals surface area contributed by atoms with Crippen molar-refractivity contribution in [3.63, 3.8) is 0 Å². The molecule has 1 aliphatic heterocycles. The van der Waals surface area contributed by atoms with Crippen LogP contribution in [0.4, 0.5) is 4.79 Å². The molecule has 3 rings (SSSR count). The number of fused-ring (bicyclic) bond motifs is 2. The zero-order chi connectivity index (χ0) is 28.8. The number of nitrogens with zero attached hydrogens (tertiary/aromatic N) is 3. The minimum absolute atomic E-state index is 0.0982. The van der Waals surface area contributed by atoms with E-state index in [2.05, 4.69) is 12.0 Å². The number of hydrogen-bond donors (Lipinski definition) is 3. The first-order chi connectivity index (χ1) is 17.5. The van der Waals surface area contributed by atoms with Gasteiger partial charge in [-0.1, -0.05) is 45.9 Å². The van der Waals surface area contributed by atoms with Gasteiger partial charge >= 0.3 is 6.09 Å². The summed E-state index contributed by atoms with van der Waals surface area (Å²) < 4.78 is 5.58. The lowest BCUT2D eigenvalue weighted by molar-refractivity contribution is -0.163. The summed E-state index contributed by atoms with van der Waals surface area (Å²) in [5, 5.41) is 39.4. The summed E-state index contributed by atoms with van der Waals surface area (Å²) in [6.07, 6.45) is 4.46. The average molecular weight is 532 g/mol. The van der Waals surface area contributed by atoms with Crippen LogP contribution in [0.15, 0.2) is 40.2 Å².